The standard InChI is InChI=1S/C8H12N2O2/c1-4-12-8(11)7(5-9)6(2)10-3/h7H,4H2,1-3H3. The summed E-state index contributed by atoms with van der Waals surface area (Å²) in [4.78, 5) is 14.8. The smallest absolute Gasteiger partial charge is 0.329 e. The quantitative estimate of drug-likeness (QED) is 0.462. The summed E-state index contributed by atoms with van der Waals surface area (Å²) >= 11 is 0. The number of nitrogens with zero attached hydrogens (tertiary/aromatic N) is 2. The van der Waals surface area contributed by atoms with Gasteiger partial charge in [0.2, 0.25) is 0 Å². The van der Waals surface area contributed by atoms with Gasteiger partial charge in [0, 0.05) is 12.8 Å². The fourth-order valence-electron chi connectivity index (χ4n) is 0.671. The molecule has 0 saturated carbocycles. The lowest BCUT2D eigenvalue weighted by Crippen LogP contribution is -2.22. The first kappa shape index (κ1) is 10.6. The van der Waals surface area contributed by atoms with Crippen LogP contribution in [0.3, 0.4) is 0 Å². The molecule has 0 N–H and O–H groups in total. The van der Waals surface area contributed by atoms with Gasteiger partial charge in [-0.25, -0.2) is 0 Å². The van der Waals surface area contributed by atoms with E-state index in [1.807, 2.05) is 6.07 Å². The van der Waals surface area contributed by atoms with Crippen molar-refractivity contribution in [1.82, 2.24) is 0 Å². The van der Waals surface area contributed by atoms with Crippen LogP contribution >= 0.6 is 0 Å². The topological polar surface area (TPSA) is 62.5 Å². The maximum Gasteiger partial charge on any atom is 0.329 e. The number of rotatable bonds is 3. The number of carbonyl (C=O) groups excluding carboxylic acids is 1. The molecule has 0 aromatic carbocycles. The van der Waals surface area contributed by atoms with Crippen molar-refractivity contribution in [2.45, 2.75) is 13.8 Å². The molecule has 1 atom stereocenters. The van der Waals surface area contributed by atoms with E-state index in [0.717, 1.165) is 0 Å². The highest BCUT2D eigenvalue weighted by molar-refractivity contribution is 6.03. The Morgan fingerprint density at radius 2 is 2.33 bits per heavy atom. The maximum atomic E-state index is 11.0. The first-order valence-corrected chi connectivity index (χ1v) is 3.66. The van der Waals surface area contributed by atoms with Crippen molar-refractivity contribution in [3.8, 4) is 6.07 Å². The predicted octanol–water partition coefficient (Wildman–Crippen LogP) is 0.780. The van der Waals surface area contributed by atoms with Crippen molar-refractivity contribution in [2.24, 2.45) is 10.9 Å². The van der Waals surface area contributed by atoms with Crippen LogP contribution in [0, 0.1) is 17.2 Å². The molecular formula is C8H12N2O2. The first-order chi connectivity index (χ1) is 5.67. The second kappa shape index (κ2) is 5.30. The Balaban J connectivity index is 4.38. The third-order valence-electron chi connectivity index (χ3n) is 1.42. The fourth-order valence-corrected chi connectivity index (χ4v) is 0.671. The normalized spacial score (nSPS) is 13.3. The number of nitriles is 1. The lowest BCUT2D eigenvalue weighted by Gasteiger charge is -2.06. The second-order valence-corrected chi connectivity index (χ2v) is 2.18. The molecule has 0 radical (unpaired) electrons. The monoisotopic (exact) mass is 168 g/mol. The van der Waals surface area contributed by atoms with Gasteiger partial charge in [-0.05, 0) is 13.8 Å². The van der Waals surface area contributed by atoms with Crippen molar-refractivity contribution >= 4 is 11.7 Å². The Morgan fingerprint density at radius 3 is 2.67 bits per heavy atom. The molecule has 0 aliphatic carbocycles. The summed E-state index contributed by atoms with van der Waals surface area (Å²) in [5, 5.41) is 8.59. The Labute approximate surface area is 71.9 Å². The van der Waals surface area contributed by atoms with Gasteiger partial charge in [-0.3, -0.25) is 9.79 Å². The van der Waals surface area contributed by atoms with Crippen molar-refractivity contribution in [2.75, 3.05) is 13.7 Å². The third-order valence-corrected chi connectivity index (χ3v) is 1.42. The molecule has 4 heteroatoms. The molecule has 0 saturated heterocycles. The zero-order valence-electron chi connectivity index (χ0n) is 7.50. The number of hydrogen-bond donors (Lipinski definition) is 0. The van der Waals surface area contributed by atoms with E-state index in [0.29, 0.717) is 5.71 Å². The summed E-state index contributed by atoms with van der Waals surface area (Å²) in [5.41, 5.74) is 0.482. The average Bonchev–Trinajstić information content (AvgIpc) is 2.06. The van der Waals surface area contributed by atoms with Crippen LogP contribution in [-0.4, -0.2) is 25.3 Å². The second-order valence-electron chi connectivity index (χ2n) is 2.18. The predicted molar refractivity (Wildman–Crippen MR) is 44.8 cm³/mol. The minimum atomic E-state index is -0.852. The van der Waals surface area contributed by atoms with Crippen LogP contribution in [0.15, 0.2) is 4.99 Å². The molecule has 1 unspecified atom stereocenters. The first-order valence-electron chi connectivity index (χ1n) is 3.66. The minimum absolute atomic E-state index is 0.286. The van der Waals surface area contributed by atoms with Crippen LogP contribution in [0.5, 0.6) is 0 Å². The summed E-state index contributed by atoms with van der Waals surface area (Å²) in [5.74, 6) is -1.38. The lowest BCUT2D eigenvalue weighted by molar-refractivity contribution is -0.143. The number of aliphatic imine (C=N–C) groups is 1. The van der Waals surface area contributed by atoms with Gasteiger partial charge in [-0.2, -0.15) is 5.26 Å². The van der Waals surface area contributed by atoms with Crippen LogP contribution in [0.2, 0.25) is 0 Å². The lowest BCUT2D eigenvalue weighted by atomic mass is 10.1. The molecule has 12 heavy (non-hydrogen) atoms. The van der Waals surface area contributed by atoms with Gasteiger partial charge in [0.1, 0.15) is 0 Å². The fraction of sp³-hybridized carbons (Fsp3) is 0.625. The van der Waals surface area contributed by atoms with E-state index in [2.05, 4.69) is 9.73 Å². The van der Waals surface area contributed by atoms with Crippen molar-refractivity contribution in [3.05, 3.63) is 0 Å². The molecule has 0 aliphatic rings. The molecule has 0 aromatic heterocycles. The largest absolute Gasteiger partial charge is 0.465 e. The average molecular weight is 168 g/mol. The molecule has 66 valence electrons. The van der Waals surface area contributed by atoms with E-state index in [1.165, 1.54) is 0 Å². The van der Waals surface area contributed by atoms with Gasteiger partial charge in [0.15, 0.2) is 5.92 Å². The molecule has 0 heterocycles. The van der Waals surface area contributed by atoms with E-state index in [9.17, 15) is 4.79 Å². The summed E-state index contributed by atoms with van der Waals surface area (Å²) < 4.78 is 4.68. The van der Waals surface area contributed by atoms with E-state index in [4.69, 9.17) is 5.26 Å². The van der Waals surface area contributed by atoms with E-state index < -0.39 is 11.9 Å². The SMILES string of the molecule is CCOC(=O)C(C#N)C(C)=NC. The van der Waals surface area contributed by atoms with E-state index >= 15 is 0 Å². The molecule has 0 fully saturated rings. The van der Waals surface area contributed by atoms with Crippen LogP contribution in [-0.2, 0) is 9.53 Å². The van der Waals surface area contributed by atoms with Crippen LogP contribution in [0.25, 0.3) is 0 Å². The van der Waals surface area contributed by atoms with Gasteiger partial charge in [0.25, 0.3) is 0 Å². The zero-order chi connectivity index (χ0) is 9.56. The minimum Gasteiger partial charge on any atom is -0.465 e. The van der Waals surface area contributed by atoms with Gasteiger partial charge >= 0.3 is 5.97 Å². The Kier molecular flexibility index (Phi) is 4.70. The van der Waals surface area contributed by atoms with Gasteiger partial charge in [-0.1, -0.05) is 0 Å². The number of esters is 1. The van der Waals surface area contributed by atoms with Gasteiger partial charge in [0.05, 0.1) is 12.7 Å². The molecule has 0 rings (SSSR count). The molecule has 4 nitrogen and oxygen atoms in total. The van der Waals surface area contributed by atoms with Crippen LogP contribution in [0.4, 0.5) is 0 Å². The highest BCUT2D eigenvalue weighted by atomic mass is 16.5. The molecule has 0 bridgehead atoms. The summed E-state index contributed by atoms with van der Waals surface area (Å²) in [6, 6.07) is 1.83. The summed E-state index contributed by atoms with van der Waals surface area (Å²) in [7, 11) is 1.54. The molecule has 0 aliphatic heterocycles. The Hall–Kier alpha value is -1.37. The summed E-state index contributed by atoms with van der Waals surface area (Å²) in [6.45, 7) is 3.61. The van der Waals surface area contributed by atoms with E-state index in [-0.39, 0.29) is 6.61 Å². The Morgan fingerprint density at radius 1 is 1.75 bits per heavy atom. The molecular weight excluding hydrogens is 156 g/mol. The maximum absolute atomic E-state index is 11.0. The molecule has 0 aromatic rings. The van der Waals surface area contributed by atoms with Crippen molar-refractivity contribution in [1.29, 1.82) is 5.26 Å². The van der Waals surface area contributed by atoms with Crippen molar-refractivity contribution < 1.29 is 9.53 Å². The van der Waals surface area contributed by atoms with Crippen LogP contribution in [0.1, 0.15) is 13.8 Å². The Bertz CT molecular complexity index is 228. The highest BCUT2D eigenvalue weighted by Crippen LogP contribution is 2.01. The molecule has 0 amide bonds. The summed E-state index contributed by atoms with van der Waals surface area (Å²) in [6.07, 6.45) is 0. The number of ether oxygens (including phenoxy) is 1. The van der Waals surface area contributed by atoms with Crippen molar-refractivity contribution in [3.63, 3.8) is 0 Å². The van der Waals surface area contributed by atoms with Crippen LogP contribution < -0.4 is 0 Å². The number of carbonyl (C=O) groups is 1. The highest BCUT2D eigenvalue weighted by Gasteiger charge is 2.21. The third kappa shape index (κ3) is 2.70. The zero-order valence-corrected chi connectivity index (χ0v) is 7.50. The number of hydrogen-bond acceptors (Lipinski definition) is 4. The van der Waals surface area contributed by atoms with E-state index in [1.54, 1.807) is 20.9 Å². The van der Waals surface area contributed by atoms with Gasteiger partial charge < -0.3 is 4.74 Å². The molecule has 0 spiro atoms. The van der Waals surface area contributed by atoms with Gasteiger partial charge in [-0.15, -0.1) is 0 Å².